The van der Waals surface area contributed by atoms with E-state index >= 15 is 0 Å². The molecule has 2 aromatic rings. The molecule has 2 aromatic carbocycles. The van der Waals surface area contributed by atoms with E-state index in [2.05, 4.69) is 10.1 Å². The van der Waals surface area contributed by atoms with E-state index in [4.69, 9.17) is 0 Å². The van der Waals surface area contributed by atoms with Crippen LogP contribution in [0.4, 0.5) is 5.69 Å². The Balaban J connectivity index is 2.20. The number of rotatable bonds is 4. The molecule has 0 aliphatic heterocycles. The molecule has 23 heavy (non-hydrogen) atoms. The summed E-state index contributed by atoms with van der Waals surface area (Å²) in [6, 6.07) is 8.32. The molecule has 7 nitrogen and oxygen atoms in total. The van der Waals surface area contributed by atoms with Gasteiger partial charge in [-0.15, -0.1) is 0 Å². The predicted molar refractivity (Wildman–Crippen MR) is 81.6 cm³/mol. The fraction of sp³-hybridized carbons (Fsp3) is 0.125. The number of anilines is 1. The Morgan fingerprint density at radius 3 is 2.30 bits per heavy atom. The van der Waals surface area contributed by atoms with Crippen LogP contribution in [-0.2, 0) is 16.0 Å². The van der Waals surface area contributed by atoms with E-state index in [1.54, 1.807) is 12.1 Å². The number of para-hydroxylation sites is 1. The number of hydrogen-bond acceptors (Lipinski definition) is 6. The number of methoxy groups -OCH3 is 1. The van der Waals surface area contributed by atoms with Crippen molar-refractivity contribution >= 4 is 17.6 Å². The van der Waals surface area contributed by atoms with Gasteiger partial charge in [-0.25, -0.2) is 4.79 Å². The number of esters is 1. The molecule has 0 aromatic heterocycles. The highest BCUT2D eigenvalue weighted by Crippen LogP contribution is 2.32. The van der Waals surface area contributed by atoms with Gasteiger partial charge in [0.15, 0.2) is 0 Å². The summed E-state index contributed by atoms with van der Waals surface area (Å²) in [7, 11) is 1.23. The van der Waals surface area contributed by atoms with Gasteiger partial charge in [-0.1, -0.05) is 12.1 Å². The van der Waals surface area contributed by atoms with Crippen molar-refractivity contribution in [2.24, 2.45) is 0 Å². The molecule has 0 saturated carbocycles. The summed E-state index contributed by atoms with van der Waals surface area (Å²) >= 11 is 0. The van der Waals surface area contributed by atoms with Crippen molar-refractivity contribution in [2.45, 2.75) is 6.42 Å². The zero-order chi connectivity index (χ0) is 17.0. The summed E-state index contributed by atoms with van der Waals surface area (Å²) in [5, 5.41) is 31.1. The monoisotopic (exact) mass is 317 g/mol. The average Bonchev–Trinajstić information content (AvgIpc) is 2.50. The van der Waals surface area contributed by atoms with Crippen LogP contribution in [0.5, 0.6) is 17.2 Å². The number of aromatic hydroxyl groups is 3. The van der Waals surface area contributed by atoms with E-state index in [-0.39, 0.29) is 29.0 Å². The molecule has 1 amide bonds. The second kappa shape index (κ2) is 6.69. The Labute approximate surface area is 131 Å². The van der Waals surface area contributed by atoms with Crippen LogP contribution in [-0.4, -0.2) is 34.3 Å². The Bertz CT molecular complexity index is 733. The summed E-state index contributed by atoms with van der Waals surface area (Å²) in [6.07, 6.45) is -0.340. The molecule has 7 heteroatoms. The maximum Gasteiger partial charge on any atom is 0.339 e. The zero-order valence-corrected chi connectivity index (χ0v) is 12.2. The fourth-order valence-electron chi connectivity index (χ4n) is 2.04. The normalized spacial score (nSPS) is 10.1. The van der Waals surface area contributed by atoms with Crippen molar-refractivity contribution < 1.29 is 29.6 Å². The van der Waals surface area contributed by atoms with Crippen LogP contribution >= 0.6 is 0 Å². The molecule has 120 valence electrons. The topological polar surface area (TPSA) is 116 Å². The lowest BCUT2D eigenvalue weighted by molar-refractivity contribution is -0.115. The van der Waals surface area contributed by atoms with Gasteiger partial charge in [0.1, 0.15) is 17.2 Å². The minimum absolute atomic E-state index is 0.0316. The first-order valence-corrected chi connectivity index (χ1v) is 6.63. The summed E-state index contributed by atoms with van der Waals surface area (Å²) in [5.41, 5.74) is 0.403. The van der Waals surface area contributed by atoms with Gasteiger partial charge in [0.2, 0.25) is 5.91 Å². The number of phenols is 3. The van der Waals surface area contributed by atoms with Crippen LogP contribution in [0.3, 0.4) is 0 Å². The molecule has 0 radical (unpaired) electrons. The van der Waals surface area contributed by atoms with Crippen LogP contribution in [0.2, 0.25) is 0 Å². The van der Waals surface area contributed by atoms with Crippen molar-refractivity contribution in [3.8, 4) is 17.2 Å². The van der Waals surface area contributed by atoms with E-state index in [0.717, 1.165) is 12.1 Å². The van der Waals surface area contributed by atoms with E-state index in [9.17, 15) is 24.9 Å². The lowest BCUT2D eigenvalue weighted by atomic mass is 10.1. The fourth-order valence-corrected chi connectivity index (χ4v) is 2.04. The molecular weight excluding hydrogens is 302 g/mol. The Morgan fingerprint density at radius 1 is 1.09 bits per heavy atom. The van der Waals surface area contributed by atoms with Crippen LogP contribution in [0.15, 0.2) is 36.4 Å². The largest absolute Gasteiger partial charge is 0.508 e. The Morgan fingerprint density at radius 2 is 1.70 bits per heavy atom. The van der Waals surface area contributed by atoms with E-state index in [0.29, 0.717) is 0 Å². The number of benzene rings is 2. The lowest BCUT2D eigenvalue weighted by Gasteiger charge is -2.11. The molecule has 0 aliphatic rings. The summed E-state index contributed by atoms with van der Waals surface area (Å²) in [5.74, 6) is -2.29. The van der Waals surface area contributed by atoms with Gasteiger partial charge in [-0.05, 0) is 12.1 Å². The third-order valence-electron chi connectivity index (χ3n) is 3.13. The average molecular weight is 317 g/mol. The van der Waals surface area contributed by atoms with Gasteiger partial charge >= 0.3 is 5.97 Å². The molecule has 4 N–H and O–H groups in total. The Kier molecular flexibility index (Phi) is 4.70. The zero-order valence-electron chi connectivity index (χ0n) is 12.2. The summed E-state index contributed by atoms with van der Waals surface area (Å²) < 4.78 is 4.63. The molecule has 0 unspecified atom stereocenters. The van der Waals surface area contributed by atoms with E-state index in [1.165, 1.54) is 19.2 Å². The minimum atomic E-state index is -0.601. The highest BCUT2D eigenvalue weighted by molar-refractivity contribution is 6.01. The number of nitrogens with one attached hydrogen (secondary N) is 1. The number of phenolic OH excluding ortho intramolecular Hbond substituents is 3. The standard InChI is InChI=1S/C16H15NO6/c1-23-16(22)10-4-2-3-5-12(10)17-15(21)8-11-13(19)6-9(18)7-14(11)20/h2-7,18-20H,8H2,1H3,(H,17,21). The van der Waals surface area contributed by atoms with Crippen molar-refractivity contribution in [2.75, 3.05) is 12.4 Å². The predicted octanol–water partition coefficient (Wildman–Crippen LogP) is 1.77. The molecule has 0 fully saturated rings. The number of amides is 1. The second-order valence-corrected chi connectivity index (χ2v) is 4.72. The van der Waals surface area contributed by atoms with Crippen LogP contribution in [0, 0.1) is 0 Å². The van der Waals surface area contributed by atoms with Crippen LogP contribution in [0.1, 0.15) is 15.9 Å². The quantitative estimate of drug-likeness (QED) is 0.639. The molecular formula is C16H15NO6. The first kappa shape index (κ1) is 16.2. The van der Waals surface area contributed by atoms with Gasteiger partial charge < -0.3 is 25.4 Å². The lowest BCUT2D eigenvalue weighted by Crippen LogP contribution is -2.17. The second-order valence-electron chi connectivity index (χ2n) is 4.72. The molecule has 0 atom stereocenters. The van der Waals surface area contributed by atoms with Crippen molar-refractivity contribution in [1.29, 1.82) is 0 Å². The molecule has 0 aliphatic carbocycles. The van der Waals surface area contributed by atoms with Gasteiger partial charge in [-0.2, -0.15) is 0 Å². The molecule has 0 saturated heterocycles. The van der Waals surface area contributed by atoms with Crippen molar-refractivity contribution in [3.05, 3.63) is 47.5 Å². The first-order chi connectivity index (χ1) is 10.9. The molecule has 0 bridgehead atoms. The maximum absolute atomic E-state index is 12.1. The number of carbonyl (C=O) groups excluding carboxylic acids is 2. The number of carbonyl (C=O) groups is 2. The highest BCUT2D eigenvalue weighted by Gasteiger charge is 2.17. The van der Waals surface area contributed by atoms with Crippen molar-refractivity contribution in [1.82, 2.24) is 0 Å². The molecule has 0 spiro atoms. The molecule has 0 heterocycles. The summed E-state index contributed by atoms with van der Waals surface area (Å²) in [4.78, 5) is 23.7. The first-order valence-electron chi connectivity index (χ1n) is 6.63. The minimum Gasteiger partial charge on any atom is -0.508 e. The number of hydrogen-bond donors (Lipinski definition) is 4. The smallest absolute Gasteiger partial charge is 0.339 e. The third-order valence-corrected chi connectivity index (χ3v) is 3.13. The number of ether oxygens (including phenoxy) is 1. The highest BCUT2D eigenvalue weighted by atomic mass is 16.5. The molecule has 2 rings (SSSR count). The Hall–Kier alpha value is -3.22. The van der Waals surface area contributed by atoms with Gasteiger partial charge in [0, 0.05) is 17.7 Å². The van der Waals surface area contributed by atoms with Crippen molar-refractivity contribution in [3.63, 3.8) is 0 Å². The van der Waals surface area contributed by atoms with Gasteiger partial charge in [-0.3, -0.25) is 4.79 Å². The summed E-state index contributed by atoms with van der Waals surface area (Å²) in [6.45, 7) is 0. The van der Waals surface area contributed by atoms with Crippen LogP contribution < -0.4 is 5.32 Å². The third kappa shape index (κ3) is 3.70. The maximum atomic E-state index is 12.1. The van der Waals surface area contributed by atoms with E-state index in [1.807, 2.05) is 0 Å². The van der Waals surface area contributed by atoms with Crippen LogP contribution in [0.25, 0.3) is 0 Å². The van der Waals surface area contributed by atoms with E-state index < -0.39 is 23.4 Å². The van der Waals surface area contributed by atoms with Gasteiger partial charge in [0.25, 0.3) is 0 Å². The van der Waals surface area contributed by atoms with Gasteiger partial charge in [0.05, 0.1) is 24.8 Å². The SMILES string of the molecule is COC(=O)c1ccccc1NC(=O)Cc1c(O)cc(O)cc1O.